The molecule has 1 amide bonds. The van der Waals surface area contributed by atoms with Gasteiger partial charge in [0.2, 0.25) is 0 Å². The van der Waals surface area contributed by atoms with Crippen LogP contribution in [0.2, 0.25) is 0 Å². The fourth-order valence-electron chi connectivity index (χ4n) is 2.66. The second-order valence-electron chi connectivity index (χ2n) is 5.22. The molecule has 0 spiro atoms. The van der Waals surface area contributed by atoms with E-state index in [1.54, 1.807) is 19.1 Å². The number of halogens is 2. The maximum atomic E-state index is 14.1. The van der Waals surface area contributed by atoms with Crippen molar-refractivity contribution in [2.24, 2.45) is 5.73 Å². The lowest BCUT2D eigenvalue weighted by molar-refractivity contribution is 0.100. The van der Waals surface area contributed by atoms with Crippen LogP contribution < -0.4 is 21.9 Å². The molecule has 1 aromatic heterocycles. The Labute approximate surface area is 145 Å². The molecule has 4 N–H and O–H groups in total. The summed E-state index contributed by atoms with van der Waals surface area (Å²) < 4.78 is 16.3. The summed E-state index contributed by atoms with van der Waals surface area (Å²) in [5, 5.41) is 5.85. The van der Waals surface area contributed by atoms with E-state index in [4.69, 9.17) is 5.73 Å². The number of primary amides is 1. The molecule has 1 aliphatic rings. The fraction of sp³-hybridized carbons (Fsp3) is 0.200. The van der Waals surface area contributed by atoms with E-state index in [1.165, 1.54) is 10.6 Å². The van der Waals surface area contributed by atoms with Crippen LogP contribution in [-0.4, -0.2) is 17.0 Å². The molecular formula is C15H14FIN4O2. The Hall–Kier alpha value is -2.10. The van der Waals surface area contributed by atoms with Gasteiger partial charge in [0.15, 0.2) is 0 Å². The first-order valence-corrected chi connectivity index (χ1v) is 8.01. The molecule has 0 aliphatic carbocycles. The first-order valence-electron chi connectivity index (χ1n) is 6.93. The highest BCUT2D eigenvalue weighted by Gasteiger charge is 2.26. The third-order valence-corrected chi connectivity index (χ3v) is 4.43. The fourth-order valence-corrected chi connectivity index (χ4v) is 3.11. The highest BCUT2D eigenvalue weighted by molar-refractivity contribution is 14.1. The average Bonchev–Trinajstić information content (AvgIpc) is 2.96. The summed E-state index contributed by atoms with van der Waals surface area (Å²) >= 11 is 2.00. The van der Waals surface area contributed by atoms with Crippen LogP contribution in [0.3, 0.4) is 0 Å². The molecule has 0 unspecified atom stereocenters. The molecule has 0 radical (unpaired) electrons. The molecular weight excluding hydrogens is 414 g/mol. The topological polar surface area (TPSA) is 89.2 Å². The van der Waals surface area contributed by atoms with Crippen molar-refractivity contribution in [3.63, 3.8) is 0 Å². The predicted molar refractivity (Wildman–Crippen MR) is 94.8 cm³/mol. The minimum Gasteiger partial charge on any atom is -0.369 e. The number of nitrogens with two attached hydrogens (primary N) is 1. The summed E-state index contributed by atoms with van der Waals surface area (Å²) in [5.74, 6) is -0.776. The number of aromatic nitrogens is 1. The molecule has 1 aliphatic heterocycles. The number of anilines is 3. The zero-order valence-electron chi connectivity index (χ0n) is 12.2. The van der Waals surface area contributed by atoms with Crippen LogP contribution in [0.5, 0.6) is 0 Å². The first-order chi connectivity index (χ1) is 10.9. The Kier molecular flexibility index (Phi) is 4.00. The van der Waals surface area contributed by atoms with Gasteiger partial charge in [0.1, 0.15) is 17.2 Å². The summed E-state index contributed by atoms with van der Waals surface area (Å²) in [5.41, 5.74) is 6.17. The zero-order chi connectivity index (χ0) is 16.7. The number of pyridine rings is 1. The number of hydrogen-bond acceptors (Lipinski definition) is 4. The number of nitrogens with zero attached hydrogens (tertiary/aromatic N) is 1. The third kappa shape index (κ3) is 2.67. The SMILES string of the molecule is Cc1c(Nc2ccc(I)cc2F)c(C(N)=O)c2n(c1=O)CCN2. The van der Waals surface area contributed by atoms with Gasteiger partial charge in [0.05, 0.1) is 11.4 Å². The van der Waals surface area contributed by atoms with Gasteiger partial charge in [-0.05, 0) is 47.7 Å². The van der Waals surface area contributed by atoms with E-state index in [2.05, 4.69) is 10.6 Å². The molecule has 23 heavy (non-hydrogen) atoms. The molecule has 0 atom stereocenters. The number of amides is 1. The summed E-state index contributed by atoms with van der Waals surface area (Å²) in [6, 6.07) is 4.64. The van der Waals surface area contributed by atoms with E-state index < -0.39 is 11.7 Å². The monoisotopic (exact) mass is 428 g/mol. The number of nitrogens with one attached hydrogen (secondary N) is 2. The highest BCUT2D eigenvalue weighted by atomic mass is 127. The van der Waals surface area contributed by atoms with Crippen LogP contribution in [0.15, 0.2) is 23.0 Å². The van der Waals surface area contributed by atoms with E-state index in [0.717, 1.165) is 3.57 Å². The van der Waals surface area contributed by atoms with Gasteiger partial charge in [0.25, 0.3) is 11.5 Å². The lowest BCUT2D eigenvalue weighted by Gasteiger charge is -2.17. The molecule has 0 saturated carbocycles. The van der Waals surface area contributed by atoms with Gasteiger partial charge < -0.3 is 16.4 Å². The molecule has 2 aromatic rings. The van der Waals surface area contributed by atoms with Crippen LogP contribution >= 0.6 is 22.6 Å². The Morgan fingerprint density at radius 1 is 1.48 bits per heavy atom. The van der Waals surface area contributed by atoms with Crippen molar-refractivity contribution in [2.45, 2.75) is 13.5 Å². The van der Waals surface area contributed by atoms with Crippen molar-refractivity contribution in [2.75, 3.05) is 17.2 Å². The maximum absolute atomic E-state index is 14.1. The van der Waals surface area contributed by atoms with Crippen LogP contribution in [-0.2, 0) is 6.54 Å². The molecule has 0 bridgehead atoms. The minimum absolute atomic E-state index is 0.164. The van der Waals surface area contributed by atoms with Crippen molar-refractivity contribution in [1.29, 1.82) is 0 Å². The van der Waals surface area contributed by atoms with E-state index in [9.17, 15) is 14.0 Å². The van der Waals surface area contributed by atoms with Gasteiger partial charge in [-0.1, -0.05) is 0 Å². The quantitative estimate of drug-likeness (QED) is 0.654. The predicted octanol–water partition coefficient (Wildman–Crippen LogP) is 2.17. The second-order valence-corrected chi connectivity index (χ2v) is 6.47. The Bertz CT molecular complexity index is 879. The standard InChI is InChI=1S/C15H14FIN4O2/c1-7-12(20-10-3-2-8(17)6-9(10)16)11(13(18)22)14-19-4-5-21(14)15(7)23/h2-3,6,19-20H,4-5H2,1H3,(H2,18,22). The number of rotatable bonds is 3. The van der Waals surface area contributed by atoms with Gasteiger partial charge in [-0.3, -0.25) is 14.2 Å². The average molecular weight is 428 g/mol. The normalized spacial score (nSPS) is 12.7. The first kappa shape index (κ1) is 15.8. The van der Waals surface area contributed by atoms with Crippen LogP contribution in [0.25, 0.3) is 0 Å². The number of hydrogen-bond donors (Lipinski definition) is 3. The number of carbonyl (C=O) groups is 1. The van der Waals surface area contributed by atoms with Crippen molar-refractivity contribution in [3.8, 4) is 0 Å². The van der Waals surface area contributed by atoms with Crippen LogP contribution in [0.4, 0.5) is 21.6 Å². The van der Waals surface area contributed by atoms with Crippen LogP contribution in [0.1, 0.15) is 15.9 Å². The van der Waals surface area contributed by atoms with Gasteiger partial charge in [-0.25, -0.2) is 4.39 Å². The van der Waals surface area contributed by atoms with E-state index in [0.29, 0.717) is 24.5 Å². The molecule has 2 heterocycles. The summed E-state index contributed by atoms with van der Waals surface area (Å²) in [6.45, 7) is 2.59. The lowest BCUT2D eigenvalue weighted by Crippen LogP contribution is -2.26. The van der Waals surface area contributed by atoms with Gasteiger partial charge >= 0.3 is 0 Å². The van der Waals surface area contributed by atoms with E-state index in [1.807, 2.05) is 22.6 Å². The van der Waals surface area contributed by atoms with Crippen molar-refractivity contribution < 1.29 is 9.18 Å². The smallest absolute Gasteiger partial charge is 0.257 e. The summed E-state index contributed by atoms with van der Waals surface area (Å²) in [6.07, 6.45) is 0. The number of carbonyl (C=O) groups excluding carboxylic acids is 1. The molecule has 8 heteroatoms. The Morgan fingerprint density at radius 3 is 2.87 bits per heavy atom. The summed E-state index contributed by atoms with van der Waals surface area (Å²) in [7, 11) is 0. The second kappa shape index (κ2) is 5.84. The molecule has 120 valence electrons. The van der Waals surface area contributed by atoms with Crippen molar-refractivity contribution in [3.05, 3.63) is 49.1 Å². The highest BCUT2D eigenvalue weighted by Crippen LogP contribution is 2.31. The summed E-state index contributed by atoms with van der Waals surface area (Å²) in [4.78, 5) is 24.3. The molecule has 0 saturated heterocycles. The lowest BCUT2D eigenvalue weighted by atomic mass is 10.1. The third-order valence-electron chi connectivity index (χ3n) is 3.76. The maximum Gasteiger partial charge on any atom is 0.257 e. The van der Waals surface area contributed by atoms with Gasteiger partial charge in [-0.15, -0.1) is 0 Å². The van der Waals surface area contributed by atoms with Crippen molar-refractivity contribution >= 4 is 45.7 Å². The molecule has 6 nitrogen and oxygen atoms in total. The number of fused-ring (bicyclic) bond motifs is 1. The number of benzene rings is 1. The van der Waals surface area contributed by atoms with E-state index >= 15 is 0 Å². The minimum atomic E-state index is -0.681. The van der Waals surface area contributed by atoms with Crippen molar-refractivity contribution in [1.82, 2.24) is 4.57 Å². The zero-order valence-corrected chi connectivity index (χ0v) is 14.4. The molecule has 3 rings (SSSR count). The van der Waals surface area contributed by atoms with Gasteiger partial charge in [0, 0.05) is 22.2 Å². The van der Waals surface area contributed by atoms with Crippen LogP contribution in [0, 0.1) is 16.3 Å². The molecule has 0 fully saturated rings. The van der Waals surface area contributed by atoms with E-state index in [-0.39, 0.29) is 22.5 Å². The molecule has 1 aromatic carbocycles. The van der Waals surface area contributed by atoms with Gasteiger partial charge in [-0.2, -0.15) is 0 Å². The Morgan fingerprint density at radius 2 is 2.22 bits per heavy atom. The largest absolute Gasteiger partial charge is 0.369 e. The Balaban J connectivity index is 2.21.